The molecule has 106 valence electrons. The third-order valence-electron chi connectivity index (χ3n) is 4.83. The zero-order valence-corrected chi connectivity index (χ0v) is 13.8. The molecule has 0 spiro atoms. The van der Waals surface area contributed by atoms with Crippen LogP contribution in [0.25, 0.3) is 0 Å². The fourth-order valence-corrected chi connectivity index (χ4v) is 4.52. The summed E-state index contributed by atoms with van der Waals surface area (Å²) in [5.41, 5.74) is 0.122. The molecule has 0 aromatic rings. The molecule has 1 nitrogen and oxygen atoms in total. The Hall–Kier alpha value is 0.0249. The largest absolute Gasteiger partial charge is 0.380 e. The average molecular weight is 252 g/mol. The standard InChI is InChI=1S/C16H33BO/c1-8-16(9-10(2)3)14(12(6)7)13(11(4)5)15(17)18-16/h10-15H,8-9,17H2,1-7H3. The van der Waals surface area contributed by atoms with E-state index in [1.54, 1.807) is 0 Å². The van der Waals surface area contributed by atoms with Gasteiger partial charge in [-0.05, 0) is 42.4 Å². The smallest absolute Gasteiger partial charge is 0.139 e. The van der Waals surface area contributed by atoms with Crippen LogP contribution < -0.4 is 0 Å². The lowest BCUT2D eigenvalue weighted by molar-refractivity contribution is -0.0610. The monoisotopic (exact) mass is 252 g/mol. The molecule has 4 atom stereocenters. The van der Waals surface area contributed by atoms with Crippen LogP contribution in [0.3, 0.4) is 0 Å². The van der Waals surface area contributed by atoms with E-state index in [-0.39, 0.29) is 5.60 Å². The summed E-state index contributed by atoms with van der Waals surface area (Å²) in [4.78, 5) is 0. The van der Waals surface area contributed by atoms with Crippen LogP contribution in [0.2, 0.25) is 0 Å². The lowest BCUT2D eigenvalue weighted by atomic mass is 9.64. The SMILES string of the molecule is BC1OC(CC)(CC(C)C)C(C(C)C)C1C(C)C. The van der Waals surface area contributed by atoms with E-state index in [0.717, 1.165) is 6.42 Å². The van der Waals surface area contributed by atoms with Gasteiger partial charge in [0.05, 0.1) is 5.60 Å². The normalized spacial score (nSPS) is 37.1. The molecule has 1 aliphatic rings. The van der Waals surface area contributed by atoms with E-state index in [4.69, 9.17) is 4.74 Å². The van der Waals surface area contributed by atoms with Crippen molar-refractivity contribution in [3.63, 3.8) is 0 Å². The van der Waals surface area contributed by atoms with Crippen LogP contribution in [0.1, 0.15) is 61.3 Å². The average Bonchev–Trinajstić information content (AvgIpc) is 2.50. The summed E-state index contributed by atoms with van der Waals surface area (Å²) in [5.74, 6) is 3.56. The topological polar surface area (TPSA) is 9.23 Å². The van der Waals surface area contributed by atoms with Gasteiger partial charge in [-0.1, -0.05) is 48.5 Å². The van der Waals surface area contributed by atoms with E-state index >= 15 is 0 Å². The van der Waals surface area contributed by atoms with Crippen LogP contribution in [0.4, 0.5) is 0 Å². The second kappa shape index (κ2) is 5.99. The summed E-state index contributed by atoms with van der Waals surface area (Å²) in [5, 5.41) is 0. The van der Waals surface area contributed by atoms with Crippen LogP contribution in [0.15, 0.2) is 0 Å². The summed E-state index contributed by atoms with van der Waals surface area (Å²) >= 11 is 0. The maximum Gasteiger partial charge on any atom is 0.139 e. The van der Waals surface area contributed by atoms with Gasteiger partial charge in [-0.15, -0.1) is 0 Å². The maximum atomic E-state index is 6.56. The highest BCUT2D eigenvalue weighted by Crippen LogP contribution is 2.51. The summed E-state index contributed by atoms with van der Waals surface area (Å²) in [6.07, 6.45) is 2.36. The molecule has 0 bridgehead atoms. The van der Waals surface area contributed by atoms with Crippen molar-refractivity contribution in [3.05, 3.63) is 0 Å². The molecule has 1 fully saturated rings. The van der Waals surface area contributed by atoms with Crippen molar-refractivity contribution in [1.82, 2.24) is 0 Å². The van der Waals surface area contributed by atoms with Gasteiger partial charge in [0, 0.05) is 6.00 Å². The fourth-order valence-electron chi connectivity index (χ4n) is 4.52. The fraction of sp³-hybridized carbons (Fsp3) is 1.00. The minimum atomic E-state index is 0.122. The van der Waals surface area contributed by atoms with Gasteiger partial charge in [0.1, 0.15) is 7.85 Å². The van der Waals surface area contributed by atoms with Crippen LogP contribution in [0.5, 0.6) is 0 Å². The summed E-state index contributed by atoms with van der Waals surface area (Å²) in [7, 11) is 2.29. The lowest BCUT2D eigenvalue weighted by Crippen LogP contribution is -2.41. The van der Waals surface area contributed by atoms with Crippen LogP contribution >= 0.6 is 0 Å². The Morgan fingerprint density at radius 1 is 1.06 bits per heavy atom. The Labute approximate surface area is 115 Å². The summed E-state index contributed by atoms with van der Waals surface area (Å²) in [6.45, 7) is 16.4. The van der Waals surface area contributed by atoms with Gasteiger partial charge >= 0.3 is 0 Å². The van der Waals surface area contributed by atoms with E-state index in [2.05, 4.69) is 56.3 Å². The van der Waals surface area contributed by atoms with Gasteiger partial charge in [-0.3, -0.25) is 0 Å². The Balaban J connectivity index is 3.09. The molecule has 18 heavy (non-hydrogen) atoms. The molecule has 1 heterocycles. The molecular weight excluding hydrogens is 219 g/mol. The first-order valence-corrected chi connectivity index (χ1v) is 7.93. The van der Waals surface area contributed by atoms with E-state index in [9.17, 15) is 0 Å². The second-order valence-corrected chi connectivity index (χ2v) is 7.43. The molecule has 0 radical (unpaired) electrons. The molecule has 0 aliphatic carbocycles. The van der Waals surface area contributed by atoms with Crippen molar-refractivity contribution in [2.45, 2.75) is 72.9 Å². The molecule has 1 rings (SSSR count). The first-order chi connectivity index (χ1) is 8.25. The van der Waals surface area contributed by atoms with Gasteiger partial charge in [-0.25, -0.2) is 0 Å². The number of ether oxygens (including phenoxy) is 1. The minimum absolute atomic E-state index is 0.122. The Morgan fingerprint density at radius 3 is 1.94 bits per heavy atom. The van der Waals surface area contributed by atoms with Crippen molar-refractivity contribution in [2.24, 2.45) is 29.6 Å². The third kappa shape index (κ3) is 2.95. The maximum absolute atomic E-state index is 6.56. The van der Waals surface area contributed by atoms with Gasteiger partial charge in [0.2, 0.25) is 0 Å². The number of hydrogen-bond acceptors (Lipinski definition) is 1. The van der Waals surface area contributed by atoms with Gasteiger partial charge in [0.25, 0.3) is 0 Å². The molecule has 4 unspecified atom stereocenters. The highest BCUT2D eigenvalue weighted by atomic mass is 16.5. The quantitative estimate of drug-likeness (QED) is 0.678. The predicted molar refractivity (Wildman–Crippen MR) is 82.6 cm³/mol. The van der Waals surface area contributed by atoms with Gasteiger partial charge in [-0.2, -0.15) is 0 Å². The van der Waals surface area contributed by atoms with E-state index < -0.39 is 0 Å². The van der Waals surface area contributed by atoms with Crippen molar-refractivity contribution in [1.29, 1.82) is 0 Å². The van der Waals surface area contributed by atoms with E-state index in [1.807, 2.05) is 0 Å². The zero-order chi connectivity index (χ0) is 14.1. The zero-order valence-electron chi connectivity index (χ0n) is 13.8. The Kier molecular flexibility index (Phi) is 5.35. The molecule has 0 aromatic carbocycles. The predicted octanol–water partition coefficient (Wildman–Crippen LogP) is 3.72. The van der Waals surface area contributed by atoms with Gasteiger partial charge < -0.3 is 4.74 Å². The van der Waals surface area contributed by atoms with E-state index in [0.29, 0.717) is 35.6 Å². The molecule has 0 saturated carbocycles. The molecule has 2 heteroatoms. The van der Waals surface area contributed by atoms with E-state index in [1.165, 1.54) is 6.42 Å². The van der Waals surface area contributed by atoms with Crippen LogP contribution in [-0.4, -0.2) is 19.5 Å². The Morgan fingerprint density at radius 2 is 1.61 bits per heavy atom. The van der Waals surface area contributed by atoms with Crippen molar-refractivity contribution < 1.29 is 4.74 Å². The molecule has 0 aromatic heterocycles. The highest BCUT2D eigenvalue weighted by Gasteiger charge is 2.53. The third-order valence-corrected chi connectivity index (χ3v) is 4.83. The summed E-state index contributed by atoms with van der Waals surface area (Å²) < 4.78 is 6.56. The van der Waals surface area contributed by atoms with Crippen molar-refractivity contribution in [2.75, 3.05) is 0 Å². The Bertz CT molecular complexity index is 262. The first kappa shape index (κ1) is 16.1. The number of rotatable bonds is 5. The molecular formula is C16H33BO. The lowest BCUT2D eigenvalue weighted by Gasteiger charge is -2.40. The second-order valence-electron chi connectivity index (χ2n) is 7.43. The molecule has 1 saturated heterocycles. The molecule has 1 aliphatic heterocycles. The minimum Gasteiger partial charge on any atom is -0.380 e. The number of hydrogen-bond donors (Lipinski definition) is 0. The first-order valence-electron chi connectivity index (χ1n) is 7.93. The van der Waals surface area contributed by atoms with Crippen LogP contribution in [0, 0.1) is 29.6 Å². The van der Waals surface area contributed by atoms with Crippen molar-refractivity contribution in [3.8, 4) is 0 Å². The van der Waals surface area contributed by atoms with Gasteiger partial charge in [0.15, 0.2) is 0 Å². The molecule has 0 N–H and O–H groups in total. The van der Waals surface area contributed by atoms with Crippen LogP contribution in [-0.2, 0) is 4.74 Å². The van der Waals surface area contributed by atoms with Crippen molar-refractivity contribution >= 4 is 7.85 Å². The highest BCUT2D eigenvalue weighted by molar-refractivity contribution is 6.11. The summed E-state index contributed by atoms with van der Waals surface area (Å²) in [6, 6.07) is 0.413. The molecule has 0 amide bonds.